The Morgan fingerprint density at radius 1 is 1.23 bits per heavy atom. The van der Waals surface area contributed by atoms with E-state index in [-0.39, 0.29) is 23.9 Å². The summed E-state index contributed by atoms with van der Waals surface area (Å²) in [6, 6.07) is 11.5. The highest BCUT2D eigenvalue weighted by Gasteiger charge is 2.32. The third-order valence-electron chi connectivity index (χ3n) is 3.21. The lowest BCUT2D eigenvalue weighted by Crippen LogP contribution is -2.24. The van der Waals surface area contributed by atoms with E-state index in [0.717, 1.165) is 11.6 Å². The molecule has 0 bridgehead atoms. The molecule has 138 valence electrons. The van der Waals surface area contributed by atoms with Gasteiger partial charge in [0.25, 0.3) is 0 Å². The smallest absolute Gasteiger partial charge is 0.433 e. The normalized spacial score (nSPS) is 11.5. The number of carbonyl (C=O) groups is 1. The van der Waals surface area contributed by atoms with E-state index in [1.165, 1.54) is 12.1 Å². The van der Waals surface area contributed by atoms with Crippen LogP contribution in [-0.4, -0.2) is 17.6 Å². The molecule has 2 aromatic rings. The summed E-state index contributed by atoms with van der Waals surface area (Å²) in [4.78, 5) is 14.8. The third-order valence-corrected chi connectivity index (χ3v) is 3.40. The van der Waals surface area contributed by atoms with Gasteiger partial charge in [0, 0.05) is 6.54 Å². The van der Waals surface area contributed by atoms with E-state index in [4.69, 9.17) is 16.3 Å². The van der Waals surface area contributed by atoms with Gasteiger partial charge in [-0.15, -0.1) is 0 Å². The number of alkyl carbamates (subject to hydrolysis) is 1. The summed E-state index contributed by atoms with van der Waals surface area (Å²) < 4.78 is 43.0. The summed E-state index contributed by atoms with van der Waals surface area (Å²) in [5, 5.41) is 2.32. The van der Waals surface area contributed by atoms with Crippen molar-refractivity contribution >= 4 is 23.8 Å². The molecule has 1 N–H and O–H groups in total. The number of carbonyl (C=O) groups excluding carboxylic acids is 1. The number of nitrogens with one attached hydrogen (secondary N) is 1. The first kappa shape index (κ1) is 19.8. The van der Waals surface area contributed by atoms with Gasteiger partial charge in [-0.1, -0.05) is 54.1 Å². The number of benzene rings is 1. The molecule has 1 heterocycles. The first-order valence-electron chi connectivity index (χ1n) is 7.70. The molecule has 26 heavy (non-hydrogen) atoms. The highest BCUT2D eigenvalue weighted by molar-refractivity contribution is 6.29. The van der Waals surface area contributed by atoms with Gasteiger partial charge in [-0.3, -0.25) is 0 Å². The molecule has 0 aliphatic carbocycles. The Morgan fingerprint density at radius 3 is 2.65 bits per heavy atom. The van der Waals surface area contributed by atoms with E-state index in [9.17, 15) is 18.0 Å². The fraction of sp³-hybridized carbons (Fsp3) is 0.222. The number of aromatic nitrogens is 1. The van der Waals surface area contributed by atoms with Crippen molar-refractivity contribution in [1.82, 2.24) is 10.3 Å². The number of hydrogen-bond acceptors (Lipinski definition) is 3. The summed E-state index contributed by atoms with van der Waals surface area (Å²) in [6.45, 7) is 0.452. The number of amides is 1. The van der Waals surface area contributed by atoms with Gasteiger partial charge in [-0.05, 0) is 29.7 Å². The molecule has 0 unspecified atom stereocenters. The average molecular weight is 385 g/mol. The van der Waals surface area contributed by atoms with Gasteiger partial charge in [0.05, 0.1) is 0 Å². The van der Waals surface area contributed by atoms with Crippen LogP contribution in [-0.2, 0) is 17.5 Å². The predicted molar refractivity (Wildman–Crippen MR) is 92.5 cm³/mol. The second kappa shape index (κ2) is 9.24. The molecular formula is C18H16ClF3N2O2. The molecule has 1 aromatic heterocycles. The van der Waals surface area contributed by atoms with Gasteiger partial charge in [0.15, 0.2) is 0 Å². The Morgan fingerprint density at radius 2 is 1.96 bits per heavy atom. The van der Waals surface area contributed by atoms with Gasteiger partial charge < -0.3 is 10.1 Å². The van der Waals surface area contributed by atoms with E-state index in [1.54, 1.807) is 6.08 Å². The molecule has 4 nitrogen and oxygen atoms in total. The van der Waals surface area contributed by atoms with Crippen LogP contribution in [0.25, 0.3) is 6.08 Å². The van der Waals surface area contributed by atoms with Crippen molar-refractivity contribution in [2.75, 3.05) is 6.54 Å². The monoisotopic (exact) mass is 384 g/mol. The number of pyridine rings is 1. The minimum atomic E-state index is -4.56. The molecule has 0 fully saturated rings. The van der Waals surface area contributed by atoms with Crippen molar-refractivity contribution in [2.45, 2.75) is 19.2 Å². The quantitative estimate of drug-likeness (QED) is 0.558. The molecule has 0 atom stereocenters. The van der Waals surface area contributed by atoms with E-state index < -0.39 is 18.0 Å². The van der Waals surface area contributed by atoms with Gasteiger partial charge in [-0.25, -0.2) is 9.78 Å². The number of ether oxygens (including phenoxy) is 1. The predicted octanol–water partition coefficient (Wildman–Crippen LogP) is 5.08. The van der Waals surface area contributed by atoms with Crippen molar-refractivity contribution in [3.8, 4) is 0 Å². The second-order valence-electron chi connectivity index (χ2n) is 5.29. The van der Waals surface area contributed by atoms with Crippen molar-refractivity contribution in [3.63, 3.8) is 0 Å². The molecule has 1 aromatic carbocycles. The SMILES string of the molecule is O=C(NCCC=Cc1cc(Cl)nc(C(F)(F)F)c1)OCc1ccccc1. The highest BCUT2D eigenvalue weighted by Crippen LogP contribution is 2.29. The van der Waals surface area contributed by atoms with Crippen LogP contribution in [0, 0.1) is 0 Å². The van der Waals surface area contributed by atoms with Gasteiger partial charge >= 0.3 is 12.3 Å². The number of rotatable bonds is 6. The molecular weight excluding hydrogens is 369 g/mol. The van der Waals surface area contributed by atoms with E-state index >= 15 is 0 Å². The van der Waals surface area contributed by atoms with Crippen LogP contribution in [0.3, 0.4) is 0 Å². The minimum absolute atomic E-state index is 0.165. The van der Waals surface area contributed by atoms with Crippen molar-refractivity contribution in [2.24, 2.45) is 0 Å². The van der Waals surface area contributed by atoms with Crippen molar-refractivity contribution < 1.29 is 22.7 Å². The molecule has 0 radical (unpaired) electrons. The molecule has 2 rings (SSSR count). The fourth-order valence-corrected chi connectivity index (χ4v) is 2.23. The fourth-order valence-electron chi connectivity index (χ4n) is 2.01. The molecule has 0 aliphatic heterocycles. The molecule has 0 aliphatic rings. The average Bonchev–Trinajstić information content (AvgIpc) is 2.59. The molecule has 8 heteroatoms. The molecule has 0 saturated carbocycles. The summed E-state index contributed by atoms with van der Waals surface area (Å²) in [5.41, 5.74) is 0.105. The van der Waals surface area contributed by atoms with Crippen LogP contribution in [0.5, 0.6) is 0 Å². The Labute approximate surface area is 153 Å². The maximum atomic E-state index is 12.7. The Bertz CT molecular complexity index is 765. The maximum Gasteiger partial charge on any atom is 0.433 e. The first-order valence-corrected chi connectivity index (χ1v) is 8.08. The molecule has 0 saturated heterocycles. The maximum absolute atomic E-state index is 12.7. The summed E-state index contributed by atoms with van der Waals surface area (Å²) in [5.74, 6) is 0. The topological polar surface area (TPSA) is 51.2 Å². The zero-order valence-electron chi connectivity index (χ0n) is 13.6. The van der Waals surface area contributed by atoms with Crippen LogP contribution in [0.2, 0.25) is 5.15 Å². The Balaban J connectivity index is 1.75. The van der Waals surface area contributed by atoms with Gasteiger partial charge in [0.2, 0.25) is 0 Å². The largest absolute Gasteiger partial charge is 0.445 e. The molecule has 0 spiro atoms. The van der Waals surface area contributed by atoms with Crippen molar-refractivity contribution in [3.05, 3.63) is 70.5 Å². The zero-order valence-corrected chi connectivity index (χ0v) is 14.3. The Kier molecular flexibility index (Phi) is 7.03. The minimum Gasteiger partial charge on any atom is -0.445 e. The lowest BCUT2D eigenvalue weighted by molar-refractivity contribution is -0.141. The van der Waals surface area contributed by atoms with Crippen molar-refractivity contribution in [1.29, 1.82) is 0 Å². The highest BCUT2D eigenvalue weighted by atomic mass is 35.5. The van der Waals surface area contributed by atoms with Crippen LogP contribution in [0.15, 0.2) is 48.5 Å². The summed E-state index contributed by atoms with van der Waals surface area (Å²) in [7, 11) is 0. The van der Waals surface area contributed by atoms with Gasteiger partial charge in [0.1, 0.15) is 17.5 Å². The second-order valence-corrected chi connectivity index (χ2v) is 5.67. The van der Waals surface area contributed by atoms with E-state index in [1.807, 2.05) is 30.3 Å². The number of nitrogens with zero attached hydrogens (tertiary/aromatic N) is 1. The number of halogens is 4. The Hall–Kier alpha value is -2.54. The summed E-state index contributed by atoms with van der Waals surface area (Å²) in [6.07, 6.45) is -1.59. The van der Waals surface area contributed by atoms with Crippen LogP contribution >= 0.6 is 11.6 Å². The van der Waals surface area contributed by atoms with E-state index in [2.05, 4.69) is 10.3 Å². The van der Waals surface area contributed by atoms with Crippen LogP contribution in [0.1, 0.15) is 23.2 Å². The molecule has 1 amide bonds. The first-order chi connectivity index (χ1) is 12.3. The zero-order chi connectivity index (χ0) is 19.0. The standard InChI is InChI=1S/C18H16ClF3N2O2/c19-16-11-14(10-15(24-16)18(20,21)22)8-4-5-9-23-17(25)26-12-13-6-2-1-3-7-13/h1-4,6-8,10-11H,5,9,12H2,(H,23,25). The third kappa shape index (κ3) is 6.76. The number of hydrogen-bond donors (Lipinski definition) is 1. The van der Waals surface area contributed by atoms with Crippen LogP contribution < -0.4 is 5.32 Å². The van der Waals surface area contributed by atoms with Crippen LogP contribution in [0.4, 0.5) is 18.0 Å². The number of alkyl halides is 3. The van der Waals surface area contributed by atoms with Gasteiger partial charge in [-0.2, -0.15) is 13.2 Å². The van der Waals surface area contributed by atoms with E-state index in [0.29, 0.717) is 6.42 Å². The lowest BCUT2D eigenvalue weighted by Gasteiger charge is -2.07. The lowest BCUT2D eigenvalue weighted by atomic mass is 10.2. The summed E-state index contributed by atoms with van der Waals surface area (Å²) >= 11 is 5.60.